The van der Waals surface area contributed by atoms with Gasteiger partial charge in [-0.15, -0.1) is 0 Å². The summed E-state index contributed by atoms with van der Waals surface area (Å²) in [6, 6.07) is 1.68. The smallest absolute Gasteiger partial charge is 0.310 e. The monoisotopic (exact) mass is 318 g/mol. The second-order valence-corrected chi connectivity index (χ2v) is 4.46. The van der Waals surface area contributed by atoms with Crippen LogP contribution in [0.3, 0.4) is 0 Å². The number of carboxylic acid groups (broad SMARTS) is 1. The standard InChI is InChI=1S/C12H15BrO5/c1-6(12(14)15)9-10(17-3)7(13)5-8(16-2)11(9)18-4/h5-6H,1-4H3,(H,14,15). The first-order valence-electron chi connectivity index (χ1n) is 5.19. The number of halogens is 1. The van der Waals surface area contributed by atoms with Gasteiger partial charge in [0.05, 0.1) is 37.3 Å². The van der Waals surface area contributed by atoms with E-state index in [1.54, 1.807) is 13.0 Å². The Morgan fingerprint density at radius 2 is 1.78 bits per heavy atom. The molecule has 0 fully saturated rings. The van der Waals surface area contributed by atoms with Crippen molar-refractivity contribution in [1.82, 2.24) is 0 Å². The molecule has 0 radical (unpaired) electrons. The van der Waals surface area contributed by atoms with Crippen LogP contribution in [0.1, 0.15) is 18.4 Å². The largest absolute Gasteiger partial charge is 0.495 e. The summed E-state index contributed by atoms with van der Waals surface area (Å²) < 4.78 is 16.3. The molecule has 1 aromatic carbocycles. The van der Waals surface area contributed by atoms with E-state index in [4.69, 9.17) is 19.3 Å². The second kappa shape index (κ2) is 5.95. The van der Waals surface area contributed by atoms with Gasteiger partial charge in [-0.2, -0.15) is 0 Å². The molecule has 0 aliphatic carbocycles. The van der Waals surface area contributed by atoms with Gasteiger partial charge in [0.15, 0.2) is 11.5 Å². The van der Waals surface area contributed by atoms with Gasteiger partial charge >= 0.3 is 5.97 Å². The lowest BCUT2D eigenvalue weighted by atomic mass is 9.98. The van der Waals surface area contributed by atoms with Crippen LogP contribution in [0.15, 0.2) is 10.5 Å². The molecule has 1 rings (SSSR count). The van der Waals surface area contributed by atoms with Crippen LogP contribution in [0.5, 0.6) is 17.2 Å². The summed E-state index contributed by atoms with van der Waals surface area (Å²) >= 11 is 3.33. The number of hydrogen-bond acceptors (Lipinski definition) is 4. The summed E-state index contributed by atoms with van der Waals surface area (Å²) in [6.45, 7) is 1.56. The van der Waals surface area contributed by atoms with Crippen molar-refractivity contribution in [2.24, 2.45) is 0 Å². The third kappa shape index (κ3) is 2.53. The Morgan fingerprint density at radius 3 is 2.17 bits per heavy atom. The number of methoxy groups -OCH3 is 3. The number of hydrogen-bond donors (Lipinski definition) is 1. The fraction of sp³-hybridized carbons (Fsp3) is 0.417. The minimum atomic E-state index is -0.966. The van der Waals surface area contributed by atoms with Gasteiger partial charge in [-0.05, 0) is 22.9 Å². The van der Waals surface area contributed by atoms with E-state index in [9.17, 15) is 4.79 Å². The van der Waals surface area contributed by atoms with Gasteiger partial charge in [-0.3, -0.25) is 4.79 Å². The van der Waals surface area contributed by atoms with Crippen molar-refractivity contribution in [1.29, 1.82) is 0 Å². The Morgan fingerprint density at radius 1 is 1.22 bits per heavy atom. The van der Waals surface area contributed by atoms with Gasteiger partial charge in [-0.1, -0.05) is 0 Å². The van der Waals surface area contributed by atoms with Gasteiger partial charge in [0, 0.05) is 6.07 Å². The summed E-state index contributed by atoms with van der Waals surface area (Å²) in [7, 11) is 4.43. The molecule has 0 aromatic heterocycles. The molecule has 1 aromatic rings. The van der Waals surface area contributed by atoms with Crippen LogP contribution in [0, 0.1) is 0 Å². The highest BCUT2D eigenvalue weighted by atomic mass is 79.9. The van der Waals surface area contributed by atoms with Crippen LogP contribution in [0.4, 0.5) is 0 Å². The lowest BCUT2D eigenvalue weighted by Crippen LogP contribution is -2.11. The van der Waals surface area contributed by atoms with Crippen LogP contribution < -0.4 is 14.2 Å². The zero-order valence-electron chi connectivity index (χ0n) is 10.6. The van der Waals surface area contributed by atoms with Gasteiger partial charge in [-0.25, -0.2) is 0 Å². The zero-order chi connectivity index (χ0) is 13.9. The number of carboxylic acids is 1. The maximum Gasteiger partial charge on any atom is 0.310 e. The first kappa shape index (κ1) is 14.6. The highest BCUT2D eigenvalue weighted by molar-refractivity contribution is 9.10. The fourth-order valence-corrected chi connectivity index (χ4v) is 2.28. The van der Waals surface area contributed by atoms with Gasteiger partial charge < -0.3 is 19.3 Å². The molecule has 1 atom stereocenters. The molecule has 0 saturated heterocycles. The Balaban J connectivity index is 3.60. The average molecular weight is 319 g/mol. The van der Waals surface area contributed by atoms with Crippen LogP contribution in [-0.2, 0) is 4.79 Å². The molecule has 0 bridgehead atoms. The van der Waals surface area contributed by atoms with Gasteiger partial charge in [0.2, 0.25) is 0 Å². The summed E-state index contributed by atoms with van der Waals surface area (Å²) in [5.74, 6) is -0.490. The quantitative estimate of drug-likeness (QED) is 0.904. The summed E-state index contributed by atoms with van der Waals surface area (Å²) in [6.07, 6.45) is 0. The Hall–Kier alpha value is -1.43. The van der Waals surface area contributed by atoms with E-state index < -0.39 is 11.9 Å². The van der Waals surface area contributed by atoms with Crippen molar-refractivity contribution in [3.8, 4) is 17.2 Å². The first-order chi connectivity index (χ1) is 8.47. The molecule has 18 heavy (non-hydrogen) atoms. The van der Waals surface area contributed by atoms with E-state index in [2.05, 4.69) is 15.9 Å². The van der Waals surface area contributed by atoms with E-state index in [0.29, 0.717) is 27.3 Å². The average Bonchev–Trinajstić information content (AvgIpc) is 2.36. The highest BCUT2D eigenvalue weighted by Gasteiger charge is 2.27. The topological polar surface area (TPSA) is 65.0 Å². The molecule has 1 unspecified atom stereocenters. The van der Waals surface area contributed by atoms with E-state index in [1.165, 1.54) is 21.3 Å². The molecule has 0 saturated carbocycles. The number of ether oxygens (including phenoxy) is 3. The van der Waals surface area contributed by atoms with Gasteiger partial charge in [0.25, 0.3) is 0 Å². The predicted molar refractivity (Wildman–Crippen MR) is 69.8 cm³/mol. The fourth-order valence-electron chi connectivity index (χ4n) is 1.70. The van der Waals surface area contributed by atoms with Gasteiger partial charge in [0.1, 0.15) is 5.75 Å². The normalized spacial score (nSPS) is 11.8. The molecule has 5 nitrogen and oxygen atoms in total. The van der Waals surface area contributed by atoms with E-state index in [-0.39, 0.29) is 0 Å². The third-order valence-corrected chi connectivity index (χ3v) is 3.21. The minimum Gasteiger partial charge on any atom is -0.495 e. The minimum absolute atomic E-state index is 0.368. The molecular formula is C12H15BrO5. The van der Waals surface area contributed by atoms with Crippen molar-refractivity contribution < 1.29 is 24.1 Å². The van der Waals surface area contributed by atoms with Crippen molar-refractivity contribution in [3.05, 3.63) is 16.1 Å². The van der Waals surface area contributed by atoms with Crippen LogP contribution >= 0.6 is 15.9 Å². The number of rotatable bonds is 5. The number of carbonyl (C=O) groups is 1. The molecule has 0 aliphatic heterocycles. The number of aliphatic carboxylic acids is 1. The lowest BCUT2D eigenvalue weighted by molar-refractivity contribution is -0.138. The Labute approximate surface area is 114 Å². The molecule has 0 spiro atoms. The van der Waals surface area contributed by atoms with E-state index in [0.717, 1.165) is 0 Å². The van der Waals surface area contributed by atoms with Crippen LogP contribution in [0.25, 0.3) is 0 Å². The van der Waals surface area contributed by atoms with Crippen LogP contribution in [0.2, 0.25) is 0 Å². The summed E-state index contributed by atoms with van der Waals surface area (Å²) in [5.41, 5.74) is 0.443. The maximum atomic E-state index is 11.2. The van der Waals surface area contributed by atoms with Crippen molar-refractivity contribution >= 4 is 21.9 Å². The predicted octanol–water partition coefficient (Wildman–Crippen LogP) is 2.66. The first-order valence-corrected chi connectivity index (χ1v) is 5.98. The molecule has 0 heterocycles. The molecule has 0 aliphatic rings. The molecule has 0 amide bonds. The Kier molecular flexibility index (Phi) is 4.84. The Bertz CT molecular complexity index is 458. The van der Waals surface area contributed by atoms with E-state index in [1.807, 2.05) is 0 Å². The van der Waals surface area contributed by atoms with Crippen molar-refractivity contribution in [2.75, 3.05) is 21.3 Å². The zero-order valence-corrected chi connectivity index (χ0v) is 12.2. The molecule has 6 heteroatoms. The van der Waals surface area contributed by atoms with Crippen LogP contribution in [-0.4, -0.2) is 32.4 Å². The van der Waals surface area contributed by atoms with Crippen molar-refractivity contribution in [3.63, 3.8) is 0 Å². The van der Waals surface area contributed by atoms with Crippen molar-refractivity contribution in [2.45, 2.75) is 12.8 Å². The summed E-state index contributed by atoms with van der Waals surface area (Å²) in [4.78, 5) is 11.2. The SMILES string of the molecule is COc1cc(Br)c(OC)c(C(C)C(=O)O)c1OC. The molecular weight excluding hydrogens is 304 g/mol. The van der Waals surface area contributed by atoms with E-state index >= 15 is 0 Å². The second-order valence-electron chi connectivity index (χ2n) is 3.60. The third-order valence-electron chi connectivity index (χ3n) is 2.62. The lowest BCUT2D eigenvalue weighted by Gasteiger charge is -2.19. The highest BCUT2D eigenvalue weighted by Crippen LogP contribution is 2.46. The number of benzene rings is 1. The molecule has 1 N–H and O–H groups in total. The molecule has 100 valence electrons. The maximum absolute atomic E-state index is 11.2. The summed E-state index contributed by atoms with van der Waals surface area (Å²) in [5, 5.41) is 9.16.